The summed E-state index contributed by atoms with van der Waals surface area (Å²) in [7, 11) is -3.59. The van der Waals surface area contributed by atoms with Crippen molar-refractivity contribution in [1.82, 2.24) is 4.72 Å². The summed E-state index contributed by atoms with van der Waals surface area (Å²) in [6.07, 6.45) is 0. The number of hydrogen-bond acceptors (Lipinski definition) is 3. The molecule has 0 saturated heterocycles. The van der Waals surface area contributed by atoms with Crippen molar-refractivity contribution in [3.63, 3.8) is 0 Å². The van der Waals surface area contributed by atoms with Crippen LogP contribution in [0.5, 0.6) is 5.75 Å². The van der Waals surface area contributed by atoms with Crippen molar-refractivity contribution in [3.05, 3.63) is 60.2 Å². The van der Waals surface area contributed by atoms with Crippen LogP contribution in [-0.2, 0) is 10.0 Å². The minimum Gasteiger partial charge on any atom is -0.508 e. The lowest BCUT2D eigenvalue weighted by molar-refractivity contribution is 0.474. The molecule has 5 heteroatoms. The molecule has 0 aliphatic heterocycles. The molecular weight excluding hydrogens is 262 g/mol. The van der Waals surface area contributed by atoms with Crippen molar-refractivity contribution in [1.29, 1.82) is 0 Å². The monoisotopic (exact) mass is 277 g/mol. The summed E-state index contributed by atoms with van der Waals surface area (Å²) in [6.45, 7) is 1.79. The largest absolute Gasteiger partial charge is 0.508 e. The van der Waals surface area contributed by atoms with Crippen molar-refractivity contribution in [2.24, 2.45) is 0 Å². The van der Waals surface area contributed by atoms with E-state index in [4.69, 9.17) is 5.11 Å². The van der Waals surface area contributed by atoms with E-state index in [9.17, 15) is 8.42 Å². The molecule has 2 N–H and O–H groups in total. The molecule has 4 nitrogen and oxygen atoms in total. The molecule has 1 unspecified atom stereocenters. The minimum atomic E-state index is -3.59. The Morgan fingerprint density at radius 3 is 2.16 bits per heavy atom. The third kappa shape index (κ3) is 3.33. The van der Waals surface area contributed by atoms with Gasteiger partial charge in [0, 0.05) is 6.04 Å². The van der Waals surface area contributed by atoms with Crippen LogP contribution in [0.4, 0.5) is 0 Å². The van der Waals surface area contributed by atoms with Crippen molar-refractivity contribution < 1.29 is 13.5 Å². The van der Waals surface area contributed by atoms with Crippen molar-refractivity contribution >= 4 is 10.0 Å². The van der Waals surface area contributed by atoms with Crippen LogP contribution in [0.1, 0.15) is 18.5 Å². The Bertz CT molecular complexity index is 636. The topological polar surface area (TPSA) is 66.4 Å². The molecule has 0 aliphatic carbocycles. The Morgan fingerprint density at radius 2 is 1.58 bits per heavy atom. The van der Waals surface area contributed by atoms with Gasteiger partial charge in [-0.2, -0.15) is 0 Å². The lowest BCUT2D eigenvalue weighted by Gasteiger charge is -2.14. The number of hydrogen-bond donors (Lipinski definition) is 2. The lowest BCUT2D eigenvalue weighted by atomic mass is 10.1. The zero-order valence-corrected chi connectivity index (χ0v) is 11.3. The van der Waals surface area contributed by atoms with Gasteiger partial charge in [-0.25, -0.2) is 13.1 Å². The van der Waals surface area contributed by atoms with Crippen LogP contribution in [0.3, 0.4) is 0 Å². The third-order valence-electron chi connectivity index (χ3n) is 2.78. The number of nitrogens with one attached hydrogen (secondary N) is 1. The predicted molar refractivity (Wildman–Crippen MR) is 73.3 cm³/mol. The number of phenols is 1. The summed E-state index contributed by atoms with van der Waals surface area (Å²) in [5, 5.41) is 9.17. The zero-order valence-electron chi connectivity index (χ0n) is 10.4. The first-order valence-corrected chi connectivity index (χ1v) is 7.34. The van der Waals surface area contributed by atoms with Gasteiger partial charge in [0.2, 0.25) is 10.0 Å². The van der Waals surface area contributed by atoms with Gasteiger partial charge in [-0.05, 0) is 36.8 Å². The van der Waals surface area contributed by atoms with Crippen LogP contribution < -0.4 is 4.72 Å². The maximum absolute atomic E-state index is 12.1. The van der Waals surface area contributed by atoms with E-state index in [0.29, 0.717) is 0 Å². The number of phenolic OH excluding ortho intramolecular Hbond substituents is 1. The minimum absolute atomic E-state index is 0.0371. The Morgan fingerprint density at radius 1 is 1.00 bits per heavy atom. The standard InChI is InChI=1S/C14H15NO3S/c1-11(12-5-3-2-4-6-12)15-19(17,18)14-9-7-13(16)8-10-14/h2-11,15-16H,1H3. The molecule has 2 rings (SSSR count). The van der Waals surface area contributed by atoms with Gasteiger partial charge < -0.3 is 5.11 Å². The predicted octanol–water partition coefficient (Wildman–Crippen LogP) is 2.43. The van der Waals surface area contributed by atoms with Crippen LogP contribution in [0, 0.1) is 0 Å². The smallest absolute Gasteiger partial charge is 0.241 e. The highest BCUT2D eigenvalue weighted by Gasteiger charge is 2.17. The van der Waals surface area contributed by atoms with E-state index < -0.39 is 10.0 Å². The summed E-state index contributed by atoms with van der Waals surface area (Å²) in [5.41, 5.74) is 0.893. The fourth-order valence-corrected chi connectivity index (χ4v) is 2.97. The summed E-state index contributed by atoms with van der Waals surface area (Å²) < 4.78 is 26.9. The van der Waals surface area contributed by atoms with Gasteiger partial charge in [-0.15, -0.1) is 0 Å². The Balaban J connectivity index is 2.20. The van der Waals surface area contributed by atoms with Crippen LogP contribution in [0.15, 0.2) is 59.5 Å². The molecule has 0 spiro atoms. The van der Waals surface area contributed by atoms with Crippen LogP contribution in [0.2, 0.25) is 0 Å². The number of rotatable bonds is 4. The molecule has 0 radical (unpaired) electrons. The van der Waals surface area contributed by atoms with Gasteiger partial charge in [0.1, 0.15) is 5.75 Å². The molecule has 0 saturated carbocycles. The molecule has 0 fully saturated rings. The second kappa shape index (κ2) is 5.42. The van der Waals surface area contributed by atoms with E-state index in [0.717, 1.165) is 5.56 Å². The zero-order chi connectivity index (χ0) is 13.9. The summed E-state index contributed by atoms with van der Waals surface area (Å²) in [4.78, 5) is 0.132. The van der Waals surface area contributed by atoms with Crippen LogP contribution in [0.25, 0.3) is 0 Å². The van der Waals surface area contributed by atoms with E-state index in [1.165, 1.54) is 24.3 Å². The number of aromatic hydroxyl groups is 1. The van der Waals surface area contributed by atoms with E-state index in [-0.39, 0.29) is 16.7 Å². The van der Waals surface area contributed by atoms with Crippen LogP contribution in [-0.4, -0.2) is 13.5 Å². The van der Waals surface area contributed by atoms with Gasteiger partial charge in [0.25, 0.3) is 0 Å². The van der Waals surface area contributed by atoms with Gasteiger partial charge in [0.15, 0.2) is 0 Å². The fourth-order valence-electron chi connectivity index (χ4n) is 1.74. The van der Waals surface area contributed by atoms with E-state index in [1.807, 2.05) is 30.3 Å². The number of benzene rings is 2. The molecule has 0 aromatic heterocycles. The number of sulfonamides is 1. The molecule has 1 atom stereocenters. The summed E-state index contributed by atoms with van der Waals surface area (Å²) >= 11 is 0. The second-order valence-electron chi connectivity index (χ2n) is 4.25. The molecule has 19 heavy (non-hydrogen) atoms. The first-order valence-electron chi connectivity index (χ1n) is 5.85. The van der Waals surface area contributed by atoms with Crippen molar-refractivity contribution in [2.75, 3.05) is 0 Å². The van der Waals surface area contributed by atoms with Crippen molar-refractivity contribution in [2.45, 2.75) is 17.9 Å². The Kier molecular flexibility index (Phi) is 3.87. The molecule has 0 aliphatic rings. The van der Waals surface area contributed by atoms with E-state index >= 15 is 0 Å². The highest BCUT2D eigenvalue weighted by Crippen LogP contribution is 2.18. The lowest BCUT2D eigenvalue weighted by Crippen LogP contribution is -2.26. The second-order valence-corrected chi connectivity index (χ2v) is 5.96. The molecule has 2 aromatic rings. The fraction of sp³-hybridized carbons (Fsp3) is 0.143. The molecular formula is C14H15NO3S. The average Bonchev–Trinajstić information content (AvgIpc) is 2.40. The van der Waals surface area contributed by atoms with E-state index in [1.54, 1.807) is 6.92 Å². The molecule has 0 amide bonds. The van der Waals surface area contributed by atoms with Gasteiger partial charge >= 0.3 is 0 Å². The third-order valence-corrected chi connectivity index (χ3v) is 4.34. The Labute approximate surface area is 112 Å². The average molecular weight is 277 g/mol. The molecule has 0 bridgehead atoms. The van der Waals surface area contributed by atoms with Gasteiger partial charge in [-0.3, -0.25) is 0 Å². The van der Waals surface area contributed by atoms with Crippen molar-refractivity contribution in [3.8, 4) is 5.75 Å². The molecule has 0 heterocycles. The Hall–Kier alpha value is -1.85. The maximum Gasteiger partial charge on any atom is 0.241 e. The van der Waals surface area contributed by atoms with Gasteiger partial charge in [-0.1, -0.05) is 30.3 Å². The molecule has 100 valence electrons. The highest BCUT2D eigenvalue weighted by molar-refractivity contribution is 7.89. The highest BCUT2D eigenvalue weighted by atomic mass is 32.2. The first-order chi connectivity index (χ1) is 8.99. The van der Waals surface area contributed by atoms with E-state index in [2.05, 4.69) is 4.72 Å². The maximum atomic E-state index is 12.1. The van der Waals surface area contributed by atoms with Gasteiger partial charge in [0.05, 0.1) is 4.90 Å². The SMILES string of the molecule is CC(NS(=O)(=O)c1ccc(O)cc1)c1ccccc1. The quantitative estimate of drug-likeness (QED) is 0.902. The summed E-state index contributed by atoms with van der Waals surface area (Å²) in [5.74, 6) is 0.0371. The molecule has 2 aromatic carbocycles. The summed E-state index contributed by atoms with van der Waals surface area (Å²) in [6, 6.07) is 14.5. The normalized spacial score (nSPS) is 13.1. The van der Waals surface area contributed by atoms with Crippen LogP contribution >= 0.6 is 0 Å². The first kappa shape index (κ1) is 13.6.